The maximum Gasteiger partial charge on any atom is 0.108 e. The van der Waals surface area contributed by atoms with Crippen molar-refractivity contribution in [3.05, 3.63) is 35.4 Å². The van der Waals surface area contributed by atoms with Gasteiger partial charge in [-0.25, -0.2) is 0 Å². The molecule has 2 aliphatic rings. The largest absolute Gasteiger partial charge is 0.364 e. The van der Waals surface area contributed by atoms with Gasteiger partial charge in [-0.05, 0) is 50.1 Å². The highest BCUT2D eigenvalue weighted by Gasteiger charge is 2.44. The van der Waals surface area contributed by atoms with Crippen molar-refractivity contribution in [2.24, 2.45) is 0 Å². The molecule has 0 amide bonds. The number of hydrogen-bond donors (Lipinski definition) is 0. The first-order chi connectivity index (χ1) is 10.3. The molecule has 0 saturated carbocycles. The normalized spacial score (nSPS) is 25.1. The summed E-state index contributed by atoms with van der Waals surface area (Å²) in [7, 11) is 0. The Kier molecular flexibility index (Phi) is 4.63. The molecule has 21 heavy (non-hydrogen) atoms. The Morgan fingerprint density at radius 1 is 1.24 bits per heavy atom. The van der Waals surface area contributed by atoms with Crippen LogP contribution in [0.4, 0.5) is 0 Å². The Morgan fingerprint density at radius 2 is 2.05 bits per heavy atom. The lowest BCUT2D eigenvalue weighted by Crippen LogP contribution is -2.32. The number of benzene rings is 1. The third-order valence-electron chi connectivity index (χ3n) is 5.17. The number of likely N-dealkylation sites (tertiary alicyclic amines) is 1. The van der Waals surface area contributed by atoms with Crippen LogP contribution in [0.5, 0.6) is 0 Å². The van der Waals surface area contributed by atoms with E-state index in [1.807, 2.05) is 0 Å². The summed E-state index contributed by atoms with van der Waals surface area (Å²) in [5, 5.41) is 0. The molecule has 0 bridgehead atoms. The Labute approximate surface area is 128 Å². The van der Waals surface area contributed by atoms with E-state index in [0.717, 1.165) is 32.7 Å². The van der Waals surface area contributed by atoms with Crippen LogP contribution in [-0.2, 0) is 16.9 Å². The lowest BCUT2D eigenvalue weighted by atomic mass is 9.92. The number of fused-ring (bicyclic) bond motifs is 2. The summed E-state index contributed by atoms with van der Waals surface area (Å²) in [4.78, 5) is 5.10. The zero-order valence-electron chi connectivity index (χ0n) is 13.5. The fourth-order valence-corrected chi connectivity index (χ4v) is 3.83. The van der Waals surface area contributed by atoms with E-state index in [9.17, 15) is 0 Å². The van der Waals surface area contributed by atoms with Gasteiger partial charge in [0.2, 0.25) is 0 Å². The molecule has 1 atom stereocenters. The maximum absolute atomic E-state index is 6.22. The number of nitrogens with zero attached hydrogens (tertiary/aromatic N) is 2. The van der Waals surface area contributed by atoms with E-state index >= 15 is 0 Å². The average molecular weight is 288 g/mol. The van der Waals surface area contributed by atoms with Gasteiger partial charge in [-0.15, -0.1) is 0 Å². The molecule has 3 rings (SSSR count). The molecule has 1 saturated heterocycles. The van der Waals surface area contributed by atoms with Crippen molar-refractivity contribution in [1.29, 1.82) is 0 Å². The quantitative estimate of drug-likeness (QED) is 0.800. The molecule has 1 aromatic carbocycles. The molecule has 116 valence electrons. The maximum atomic E-state index is 6.22. The SMILES string of the molecule is CCN(CC)CCCN1CC[C@]2(C1)OCc1ccccc12. The van der Waals surface area contributed by atoms with Gasteiger partial charge < -0.3 is 9.64 Å². The summed E-state index contributed by atoms with van der Waals surface area (Å²) in [6.07, 6.45) is 2.41. The number of hydrogen-bond acceptors (Lipinski definition) is 3. The summed E-state index contributed by atoms with van der Waals surface area (Å²) >= 11 is 0. The van der Waals surface area contributed by atoms with Gasteiger partial charge in [0, 0.05) is 13.1 Å². The van der Waals surface area contributed by atoms with Crippen molar-refractivity contribution in [3.8, 4) is 0 Å². The molecule has 2 aliphatic heterocycles. The standard InChI is InChI=1S/C18H28N2O/c1-3-19(4-2)11-7-12-20-13-10-18(15-20)17-9-6-5-8-16(17)14-21-18/h5-6,8-9H,3-4,7,10-15H2,1-2H3/t18-/m1/s1. The Hall–Kier alpha value is -0.900. The van der Waals surface area contributed by atoms with Gasteiger partial charge in [-0.3, -0.25) is 4.90 Å². The second kappa shape index (κ2) is 6.47. The Balaban J connectivity index is 1.55. The van der Waals surface area contributed by atoms with E-state index in [2.05, 4.69) is 47.9 Å². The van der Waals surface area contributed by atoms with Crippen LogP contribution in [-0.4, -0.2) is 49.1 Å². The van der Waals surface area contributed by atoms with Crippen LogP contribution in [0.3, 0.4) is 0 Å². The molecule has 1 spiro atoms. The summed E-state index contributed by atoms with van der Waals surface area (Å²) in [5.74, 6) is 0. The van der Waals surface area contributed by atoms with Crippen molar-refractivity contribution in [1.82, 2.24) is 9.80 Å². The molecule has 3 nitrogen and oxygen atoms in total. The van der Waals surface area contributed by atoms with Crippen LogP contribution in [0.2, 0.25) is 0 Å². The van der Waals surface area contributed by atoms with Gasteiger partial charge in [0.15, 0.2) is 0 Å². The topological polar surface area (TPSA) is 15.7 Å². The van der Waals surface area contributed by atoms with Crippen LogP contribution in [0.1, 0.15) is 37.8 Å². The molecule has 1 fully saturated rings. The molecule has 0 aromatic heterocycles. The van der Waals surface area contributed by atoms with Gasteiger partial charge >= 0.3 is 0 Å². The highest BCUT2D eigenvalue weighted by atomic mass is 16.5. The number of ether oxygens (including phenoxy) is 1. The van der Waals surface area contributed by atoms with Gasteiger partial charge in [0.1, 0.15) is 5.60 Å². The van der Waals surface area contributed by atoms with E-state index in [4.69, 9.17) is 4.74 Å². The third-order valence-corrected chi connectivity index (χ3v) is 5.17. The monoisotopic (exact) mass is 288 g/mol. The molecular weight excluding hydrogens is 260 g/mol. The first kappa shape index (κ1) is 15.0. The lowest BCUT2D eigenvalue weighted by Gasteiger charge is -2.25. The summed E-state index contributed by atoms with van der Waals surface area (Å²) in [5.41, 5.74) is 2.82. The molecule has 0 aliphatic carbocycles. The van der Waals surface area contributed by atoms with Crippen molar-refractivity contribution >= 4 is 0 Å². The van der Waals surface area contributed by atoms with Gasteiger partial charge in [-0.1, -0.05) is 38.1 Å². The van der Waals surface area contributed by atoms with Crippen molar-refractivity contribution in [2.45, 2.75) is 38.9 Å². The predicted molar refractivity (Wildman–Crippen MR) is 86.4 cm³/mol. The van der Waals surface area contributed by atoms with E-state index in [0.29, 0.717) is 0 Å². The zero-order valence-corrected chi connectivity index (χ0v) is 13.5. The molecule has 0 unspecified atom stereocenters. The fourth-order valence-electron chi connectivity index (χ4n) is 3.83. The van der Waals surface area contributed by atoms with Gasteiger partial charge in [0.25, 0.3) is 0 Å². The number of rotatable bonds is 6. The first-order valence-electron chi connectivity index (χ1n) is 8.44. The minimum atomic E-state index is -0.00814. The van der Waals surface area contributed by atoms with Crippen molar-refractivity contribution in [3.63, 3.8) is 0 Å². The summed E-state index contributed by atoms with van der Waals surface area (Å²) < 4.78 is 6.22. The highest BCUT2D eigenvalue weighted by molar-refractivity contribution is 5.36. The van der Waals surface area contributed by atoms with E-state index in [1.165, 1.54) is 37.2 Å². The zero-order chi connectivity index (χ0) is 14.7. The Bertz CT molecular complexity index is 472. The first-order valence-corrected chi connectivity index (χ1v) is 8.44. The van der Waals surface area contributed by atoms with Crippen molar-refractivity contribution in [2.75, 3.05) is 39.3 Å². The average Bonchev–Trinajstić information content (AvgIpc) is 3.10. The van der Waals surface area contributed by atoms with E-state index in [-0.39, 0.29) is 5.60 Å². The molecular formula is C18H28N2O. The second-order valence-corrected chi connectivity index (χ2v) is 6.35. The van der Waals surface area contributed by atoms with Crippen LogP contribution >= 0.6 is 0 Å². The Morgan fingerprint density at radius 3 is 2.86 bits per heavy atom. The molecule has 0 radical (unpaired) electrons. The van der Waals surface area contributed by atoms with E-state index in [1.54, 1.807) is 0 Å². The minimum absolute atomic E-state index is 0.00814. The van der Waals surface area contributed by atoms with Gasteiger partial charge in [-0.2, -0.15) is 0 Å². The predicted octanol–water partition coefficient (Wildman–Crippen LogP) is 2.85. The molecule has 1 aromatic rings. The van der Waals surface area contributed by atoms with E-state index < -0.39 is 0 Å². The summed E-state index contributed by atoms with van der Waals surface area (Å²) in [6, 6.07) is 8.76. The third kappa shape index (κ3) is 3.01. The van der Waals surface area contributed by atoms with Crippen LogP contribution in [0, 0.1) is 0 Å². The van der Waals surface area contributed by atoms with Crippen LogP contribution in [0.15, 0.2) is 24.3 Å². The minimum Gasteiger partial charge on any atom is -0.364 e. The lowest BCUT2D eigenvalue weighted by molar-refractivity contribution is -0.0295. The van der Waals surface area contributed by atoms with Crippen molar-refractivity contribution < 1.29 is 4.74 Å². The second-order valence-electron chi connectivity index (χ2n) is 6.35. The van der Waals surface area contributed by atoms with Crippen LogP contribution in [0.25, 0.3) is 0 Å². The fraction of sp³-hybridized carbons (Fsp3) is 0.667. The molecule has 2 heterocycles. The van der Waals surface area contributed by atoms with Gasteiger partial charge in [0.05, 0.1) is 6.61 Å². The molecule has 0 N–H and O–H groups in total. The summed E-state index contributed by atoms with van der Waals surface area (Å²) in [6.45, 7) is 12.3. The molecule has 3 heteroatoms. The van der Waals surface area contributed by atoms with Crippen LogP contribution < -0.4 is 0 Å². The highest BCUT2D eigenvalue weighted by Crippen LogP contribution is 2.43. The smallest absolute Gasteiger partial charge is 0.108 e.